The minimum absolute atomic E-state index is 0.0952. The van der Waals surface area contributed by atoms with Crippen molar-refractivity contribution in [2.75, 3.05) is 0 Å². The van der Waals surface area contributed by atoms with Crippen LogP contribution in [0.4, 0.5) is 0 Å². The molecule has 0 aliphatic rings. The molecule has 2 N–H and O–H groups in total. The highest BCUT2D eigenvalue weighted by molar-refractivity contribution is 7.89. The fraction of sp³-hybridized carbons (Fsp3) is 0.105. The largest absolute Gasteiger partial charge is 0.422 e. The molecule has 8 nitrogen and oxygen atoms in total. The van der Waals surface area contributed by atoms with E-state index in [-0.39, 0.29) is 22.9 Å². The van der Waals surface area contributed by atoms with Gasteiger partial charge < -0.3 is 4.74 Å². The van der Waals surface area contributed by atoms with Gasteiger partial charge in [0.1, 0.15) is 12.3 Å². The lowest BCUT2D eigenvalue weighted by Gasteiger charge is -2.09. The molecule has 0 saturated carbocycles. The van der Waals surface area contributed by atoms with Gasteiger partial charge in [-0.1, -0.05) is 29.8 Å². The molecule has 0 bridgehead atoms. The molecular weight excluding hydrogens is 380 g/mol. The number of nitrogens with zero attached hydrogens (tertiary/aromatic N) is 3. The van der Waals surface area contributed by atoms with Crippen molar-refractivity contribution in [3.05, 3.63) is 66.0 Å². The van der Waals surface area contributed by atoms with E-state index in [2.05, 4.69) is 5.10 Å². The smallest absolute Gasteiger partial charge is 0.362 e. The van der Waals surface area contributed by atoms with Crippen LogP contribution in [0.3, 0.4) is 0 Å². The fourth-order valence-electron chi connectivity index (χ4n) is 2.58. The van der Waals surface area contributed by atoms with E-state index in [1.807, 2.05) is 37.3 Å². The maximum Gasteiger partial charge on any atom is 0.362 e. The fourth-order valence-corrected chi connectivity index (χ4v) is 3.10. The number of benzene rings is 2. The Kier molecular flexibility index (Phi) is 5.26. The number of aromatic nitrogens is 2. The van der Waals surface area contributed by atoms with Crippen LogP contribution in [0.25, 0.3) is 11.1 Å². The van der Waals surface area contributed by atoms with Gasteiger partial charge in [-0.2, -0.15) is 10.4 Å². The van der Waals surface area contributed by atoms with Crippen LogP contribution in [0, 0.1) is 18.3 Å². The molecule has 0 spiro atoms. The summed E-state index contributed by atoms with van der Waals surface area (Å²) in [5, 5.41) is 18.2. The average molecular weight is 396 g/mol. The van der Waals surface area contributed by atoms with E-state index >= 15 is 0 Å². The lowest BCUT2D eigenvalue weighted by molar-refractivity contribution is 0.0723. The van der Waals surface area contributed by atoms with Crippen molar-refractivity contribution >= 4 is 16.0 Å². The number of rotatable bonds is 5. The molecule has 2 aromatic carbocycles. The van der Waals surface area contributed by atoms with Gasteiger partial charge >= 0.3 is 5.97 Å². The van der Waals surface area contributed by atoms with E-state index < -0.39 is 16.0 Å². The van der Waals surface area contributed by atoms with Crippen LogP contribution in [0.1, 0.15) is 16.1 Å². The van der Waals surface area contributed by atoms with Crippen LogP contribution in [0.15, 0.2) is 59.6 Å². The summed E-state index contributed by atoms with van der Waals surface area (Å²) in [4.78, 5) is 12.7. The minimum Gasteiger partial charge on any atom is -0.422 e. The number of nitriles is 1. The zero-order valence-electron chi connectivity index (χ0n) is 14.9. The zero-order chi connectivity index (χ0) is 20.3. The molecule has 0 aliphatic carbocycles. The van der Waals surface area contributed by atoms with Gasteiger partial charge in [0.15, 0.2) is 5.69 Å². The third kappa shape index (κ3) is 4.09. The van der Waals surface area contributed by atoms with Gasteiger partial charge in [0, 0.05) is 5.56 Å². The first kappa shape index (κ1) is 19.3. The van der Waals surface area contributed by atoms with Gasteiger partial charge in [0.25, 0.3) is 0 Å². The highest BCUT2D eigenvalue weighted by Gasteiger charge is 2.22. The average Bonchev–Trinajstić information content (AvgIpc) is 3.06. The monoisotopic (exact) mass is 396 g/mol. The van der Waals surface area contributed by atoms with E-state index in [9.17, 15) is 13.2 Å². The molecular formula is C19H16N4O4S. The van der Waals surface area contributed by atoms with Crippen molar-refractivity contribution in [2.45, 2.75) is 18.4 Å². The number of ether oxygens (including phenoxy) is 1. The summed E-state index contributed by atoms with van der Waals surface area (Å²) >= 11 is 0. The molecule has 1 heterocycles. The van der Waals surface area contributed by atoms with Crippen LogP contribution in [-0.4, -0.2) is 24.2 Å². The Morgan fingerprint density at radius 2 is 1.82 bits per heavy atom. The molecule has 3 rings (SSSR count). The first-order chi connectivity index (χ1) is 13.3. The second-order valence-corrected chi connectivity index (χ2v) is 7.56. The van der Waals surface area contributed by atoms with E-state index in [0.717, 1.165) is 11.1 Å². The Morgan fingerprint density at radius 1 is 1.18 bits per heavy atom. The van der Waals surface area contributed by atoms with E-state index in [1.54, 1.807) is 0 Å². The van der Waals surface area contributed by atoms with E-state index in [0.29, 0.717) is 5.56 Å². The lowest BCUT2D eigenvalue weighted by atomic mass is 10.0. The molecule has 0 atom stereocenters. The standard InChI is InChI=1S/C19H16N4O4S/c1-13-2-4-14(5-3-13)17-12-22-23(11-10-20)18(17)19(24)27-15-6-8-16(9-7-15)28(21,25)26/h2-9,12H,11H2,1H3,(H2,21,25,26). The van der Waals surface area contributed by atoms with Crippen molar-refractivity contribution in [3.8, 4) is 22.9 Å². The first-order valence-corrected chi connectivity index (χ1v) is 9.69. The Labute approximate surface area is 161 Å². The quantitative estimate of drug-likeness (QED) is 0.520. The summed E-state index contributed by atoms with van der Waals surface area (Å²) in [6.45, 7) is 1.82. The maximum absolute atomic E-state index is 12.8. The number of hydrogen-bond acceptors (Lipinski definition) is 6. The summed E-state index contributed by atoms with van der Waals surface area (Å²) in [6.07, 6.45) is 1.50. The van der Waals surface area contributed by atoms with Gasteiger partial charge in [-0.15, -0.1) is 0 Å². The van der Waals surface area contributed by atoms with Crippen molar-refractivity contribution < 1.29 is 17.9 Å². The summed E-state index contributed by atoms with van der Waals surface area (Å²) in [7, 11) is -3.84. The molecule has 0 aliphatic heterocycles. The predicted octanol–water partition coefficient (Wildman–Crippen LogP) is 2.25. The van der Waals surface area contributed by atoms with Crippen LogP contribution < -0.4 is 9.88 Å². The molecule has 9 heteroatoms. The molecule has 0 fully saturated rings. The van der Waals surface area contributed by atoms with Crippen LogP contribution in [0.2, 0.25) is 0 Å². The highest BCUT2D eigenvalue weighted by atomic mass is 32.2. The highest BCUT2D eigenvalue weighted by Crippen LogP contribution is 2.26. The number of aryl methyl sites for hydroxylation is 1. The van der Waals surface area contributed by atoms with Gasteiger partial charge in [-0.3, -0.25) is 0 Å². The summed E-state index contributed by atoms with van der Waals surface area (Å²) < 4.78 is 29.3. The Morgan fingerprint density at radius 3 is 2.39 bits per heavy atom. The van der Waals surface area contributed by atoms with Crippen LogP contribution >= 0.6 is 0 Å². The van der Waals surface area contributed by atoms with Crippen molar-refractivity contribution in [3.63, 3.8) is 0 Å². The molecule has 0 unspecified atom stereocenters. The number of sulfonamides is 1. The lowest BCUT2D eigenvalue weighted by Crippen LogP contribution is -2.17. The number of hydrogen-bond donors (Lipinski definition) is 1. The topological polar surface area (TPSA) is 128 Å². The number of esters is 1. The molecule has 0 saturated heterocycles. The molecule has 1 aromatic heterocycles. The molecule has 28 heavy (non-hydrogen) atoms. The van der Waals surface area contributed by atoms with Crippen molar-refractivity contribution in [2.24, 2.45) is 5.14 Å². The molecule has 0 radical (unpaired) electrons. The van der Waals surface area contributed by atoms with Gasteiger partial charge in [0.2, 0.25) is 10.0 Å². The first-order valence-electron chi connectivity index (χ1n) is 8.14. The second kappa shape index (κ2) is 7.64. The summed E-state index contributed by atoms with van der Waals surface area (Å²) in [5.41, 5.74) is 2.47. The van der Waals surface area contributed by atoms with Crippen molar-refractivity contribution in [1.29, 1.82) is 5.26 Å². The van der Waals surface area contributed by atoms with E-state index in [4.69, 9.17) is 15.1 Å². The third-order valence-electron chi connectivity index (χ3n) is 3.98. The minimum atomic E-state index is -3.84. The number of carbonyl (C=O) groups is 1. The molecule has 3 aromatic rings. The zero-order valence-corrected chi connectivity index (χ0v) is 15.7. The normalized spacial score (nSPS) is 11.0. The SMILES string of the molecule is Cc1ccc(-c2cnn(CC#N)c2C(=O)Oc2ccc(S(N)(=O)=O)cc2)cc1. The molecule has 142 valence electrons. The number of primary sulfonamides is 1. The second-order valence-electron chi connectivity index (χ2n) is 5.99. The van der Waals surface area contributed by atoms with Crippen LogP contribution in [0.5, 0.6) is 5.75 Å². The summed E-state index contributed by atoms with van der Waals surface area (Å²) in [5.74, 6) is -0.580. The van der Waals surface area contributed by atoms with Gasteiger partial charge in [0.05, 0.1) is 17.2 Å². The predicted molar refractivity (Wildman–Crippen MR) is 101 cm³/mol. The van der Waals surface area contributed by atoms with E-state index in [1.165, 1.54) is 35.1 Å². The number of nitrogens with two attached hydrogens (primary N) is 1. The number of carbonyl (C=O) groups excluding carboxylic acids is 1. The Hall–Kier alpha value is -3.48. The Bertz CT molecular complexity index is 1160. The third-order valence-corrected chi connectivity index (χ3v) is 4.91. The van der Waals surface area contributed by atoms with Crippen LogP contribution in [-0.2, 0) is 16.6 Å². The molecule has 0 amide bonds. The van der Waals surface area contributed by atoms with Crippen molar-refractivity contribution in [1.82, 2.24) is 9.78 Å². The maximum atomic E-state index is 12.8. The summed E-state index contributed by atoms with van der Waals surface area (Å²) in [6, 6.07) is 14.6. The van der Waals surface area contributed by atoms with Gasteiger partial charge in [-0.25, -0.2) is 23.0 Å². The Balaban J connectivity index is 1.95. The van der Waals surface area contributed by atoms with Gasteiger partial charge in [-0.05, 0) is 36.8 Å².